The first-order valence-electron chi connectivity index (χ1n) is 10.6. The van der Waals surface area contributed by atoms with E-state index in [2.05, 4.69) is 0 Å². The molecule has 200 valence electrons. The van der Waals surface area contributed by atoms with Crippen molar-refractivity contribution in [2.24, 2.45) is 0 Å². The number of nitrogens with zero attached hydrogens (tertiary/aromatic N) is 3. The Morgan fingerprint density at radius 2 is 1.72 bits per heavy atom. The van der Waals surface area contributed by atoms with Crippen LogP contribution in [0.4, 0.5) is 30.2 Å². The summed E-state index contributed by atoms with van der Waals surface area (Å²) in [6, 6.07) is 11.5. The number of ether oxygens (including phenoxy) is 2. The lowest BCUT2D eigenvalue weighted by Crippen LogP contribution is -2.27. The number of carbonyl (C=O) groups is 1. The highest BCUT2D eigenvalue weighted by Gasteiger charge is 2.36. The molecule has 0 saturated carbocycles. The summed E-state index contributed by atoms with van der Waals surface area (Å²) in [4.78, 5) is 35.2. The van der Waals surface area contributed by atoms with E-state index in [0.717, 1.165) is 53.1 Å². The number of benzene rings is 3. The predicted molar refractivity (Wildman–Crippen MR) is 140 cm³/mol. The maximum Gasteiger partial charge on any atom is 0.416 e. The molecular formula is C24H14F3N3O7S2. The molecule has 0 atom stereocenters. The molecule has 1 aliphatic rings. The van der Waals surface area contributed by atoms with Gasteiger partial charge in [-0.15, -0.1) is 0 Å². The normalized spacial score (nSPS) is 14.6. The van der Waals surface area contributed by atoms with Gasteiger partial charge in [-0.1, -0.05) is 42.2 Å². The van der Waals surface area contributed by atoms with Gasteiger partial charge in [0, 0.05) is 11.6 Å². The van der Waals surface area contributed by atoms with E-state index in [1.807, 2.05) is 0 Å². The Morgan fingerprint density at radius 1 is 1.00 bits per heavy atom. The van der Waals surface area contributed by atoms with E-state index in [1.165, 1.54) is 31.4 Å². The van der Waals surface area contributed by atoms with Crippen LogP contribution in [0.1, 0.15) is 11.1 Å². The quantitative estimate of drug-likeness (QED) is 0.130. The summed E-state index contributed by atoms with van der Waals surface area (Å²) in [6.45, 7) is 0. The van der Waals surface area contributed by atoms with E-state index in [-0.39, 0.29) is 37.7 Å². The number of rotatable bonds is 7. The number of nitro benzene ring substituents is 2. The van der Waals surface area contributed by atoms with E-state index < -0.39 is 38.9 Å². The van der Waals surface area contributed by atoms with Crippen LogP contribution in [0.15, 0.2) is 65.6 Å². The van der Waals surface area contributed by atoms with Gasteiger partial charge in [0.25, 0.3) is 11.6 Å². The molecule has 0 radical (unpaired) electrons. The highest BCUT2D eigenvalue weighted by atomic mass is 32.2. The Morgan fingerprint density at radius 3 is 2.36 bits per heavy atom. The summed E-state index contributed by atoms with van der Waals surface area (Å²) in [5, 5.41) is 22.6. The minimum absolute atomic E-state index is 0.0121. The number of thiocarbonyl (C=S) groups is 1. The maximum absolute atomic E-state index is 13.2. The summed E-state index contributed by atoms with van der Waals surface area (Å²) < 4.78 is 50.6. The average molecular weight is 578 g/mol. The molecule has 1 fully saturated rings. The van der Waals surface area contributed by atoms with Gasteiger partial charge in [-0.25, -0.2) is 0 Å². The van der Waals surface area contributed by atoms with Gasteiger partial charge in [0.05, 0.1) is 39.2 Å². The molecule has 0 unspecified atom stereocenters. The maximum atomic E-state index is 13.2. The van der Waals surface area contributed by atoms with E-state index in [4.69, 9.17) is 21.7 Å². The summed E-state index contributed by atoms with van der Waals surface area (Å²) in [5.41, 5.74) is -2.01. The van der Waals surface area contributed by atoms with Crippen LogP contribution < -0.4 is 14.4 Å². The van der Waals surface area contributed by atoms with E-state index >= 15 is 0 Å². The zero-order valence-electron chi connectivity index (χ0n) is 19.5. The van der Waals surface area contributed by atoms with Crippen LogP contribution in [0.2, 0.25) is 0 Å². The van der Waals surface area contributed by atoms with Gasteiger partial charge < -0.3 is 9.47 Å². The number of amides is 1. The fourth-order valence-electron chi connectivity index (χ4n) is 3.53. The smallest absolute Gasteiger partial charge is 0.416 e. The number of para-hydroxylation sites is 1. The number of hydrogen-bond acceptors (Lipinski definition) is 9. The number of non-ortho nitro benzene ring substituents is 1. The fraction of sp³-hybridized carbons (Fsp3) is 0.0833. The lowest BCUT2D eigenvalue weighted by atomic mass is 10.1. The van der Waals surface area contributed by atoms with Crippen molar-refractivity contribution in [1.82, 2.24) is 0 Å². The summed E-state index contributed by atoms with van der Waals surface area (Å²) >= 11 is 6.09. The summed E-state index contributed by atoms with van der Waals surface area (Å²) in [7, 11) is 1.31. The van der Waals surface area contributed by atoms with Crippen molar-refractivity contribution in [1.29, 1.82) is 0 Å². The van der Waals surface area contributed by atoms with Crippen LogP contribution in [0.5, 0.6) is 17.2 Å². The molecule has 0 aliphatic carbocycles. The third kappa shape index (κ3) is 5.68. The molecule has 1 aliphatic heterocycles. The van der Waals surface area contributed by atoms with Crippen molar-refractivity contribution in [2.75, 3.05) is 12.0 Å². The van der Waals surface area contributed by atoms with Crippen LogP contribution in [-0.2, 0) is 11.0 Å². The molecule has 1 heterocycles. The molecule has 0 aromatic heterocycles. The lowest BCUT2D eigenvalue weighted by molar-refractivity contribution is -0.394. The summed E-state index contributed by atoms with van der Waals surface area (Å²) in [6.07, 6.45) is -3.28. The second kappa shape index (κ2) is 10.7. The van der Waals surface area contributed by atoms with Crippen LogP contribution in [-0.4, -0.2) is 27.2 Å². The molecule has 10 nitrogen and oxygen atoms in total. The van der Waals surface area contributed by atoms with Crippen LogP contribution in [0.25, 0.3) is 6.08 Å². The molecule has 39 heavy (non-hydrogen) atoms. The highest BCUT2D eigenvalue weighted by molar-refractivity contribution is 8.27. The number of alkyl halides is 3. The Hall–Kier alpha value is -4.50. The first kappa shape index (κ1) is 27.5. The SMILES string of the molecule is COc1cccc(/C=C2\SC(=S)N(c3cccc(C(F)(F)F)c3)C2=O)c1Oc1ccc([N+](=O)[O-])cc1[N+](=O)[O-]. The molecule has 0 bridgehead atoms. The number of carbonyl (C=O) groups excluding carboxylic acids is 1. The molecule has 3 aromatic rings. The zero-order valence-corrected chi connectivity index (χ0v) is 21.1. The Balaban J connectivity index is 1.74. The molecule has 0 N–H and O–H groups in total. The van der Waals surface area contributed by atoms with E-state index in [0.29, 0.717) is 0 Å². The molecule has 0 spiro atoms. The highest BCUT2D eigenvalue weighted by Crippen LogP contribution is 2.43. The van der Waals surface area contributed by atoms with Crippen molar-refractivity contribution in [3.8, 4) is 17.2 Å². The minimum Gasteiger partial charge on any atom is -0.493 e. The topological polar surface area (TPSA) is 125 Å². The fourth-order valence-corrected chi connectivity index (χ4v) is 4.82. The second-order valence-corrected chi connectivity index (χ2v) is 9.39. The largest absolute Gasteiger partial charge is 0.493 e. The first-order chi connectivity index (χ1) is 18.4. The van der Waals surface area contributed by atoms with Crippen LogP contribution in [0.3, 0.4) is 0 Å². The Labute approximate surface area is 226 Å². The molecule has 4 rings (SSSR count). The Bertz CT molecular complexity index is 1560. The van der Waals surface area contributed by atoms with E-state index in [1.54, 1.807) is 6.07 Å². The standard InChI is InChI=1S/C24H14F3N3O7S2/c1-36-19-7-2-4-13(21(19)37-18-9-8-16(29(32)33)12-17(18)30(34)35)10-20-22(31)28(23(38)39-20)15-6-3-5-14(11-15)24(25,26)27/h2-12H,1H3/b20-10-. The molecule has 3 aromatic carbocycles. The number of nitro groups is 2. The van der Waals surface area contributed by atoms with Crippen molar-refractivity contribution in [3.63, 3.8) is 0 Å². The zero-order chi connectivity index (χ0) is 28.5. The molecule has 1 amide bonds. The number of halogens is 3. The van der Waals surface area contributed by atoms with Crippen molar-refractivity contribution >= 4 is 57.3 Å². The van der Waals surface area contributed by atoms with Gasteiger partial charge in [-0.05, 0) is 36.4 Å². The molecule has 1 saturated heterocycles. The number of hydrogen-bond donors (Lipinski definition) is 0. The number of methoxy groups -OCH3 is 1. The van der Waals surface area contributed by atoms with Crippen LogP contribution >= 0.6 is 24.0 Å². The van der Waals surface area contributed by atoms with Gasteiger partial charge in [0.2, 0.25) is 5.75 Å². The number of thioether (sulfide) groups is 1. The van der Waals surface area contributed by atoms with Gasteiger partial charge in [0.15, 0.2) is 15.8 Å². The van der Waals surface area contributed by atoms with Gasteiger partial charge in [-0.2, -0.15) is 13.2 Å². The van der Waals surface area contributed by atoms with Gasteiger partial charge in [-0.3, -0.25) is 29.9 Å². The minimum atomic E-state index is -4.63. The van der Waals surface area contributed by atoms with E-state index in [9.17, 15) is 38.2 Å². The number of anilines is 1. The monoisotopic (exact) mass is 577 g/mol. The van der Waals surface area contributed by atoms with Crippen LogP contribution in [0, 0.1) is 20.2 Å². The van der Waals surface area contributed by atoms with Gasteiger partial charge >= 0.3 is 11.9 Å². The predicted octanol–water partition coefficient (Wildman–Crippen LogP) is 6.73. The average Bonchev–Trinajstić information content (AvgIpc) is 3.16. The third-order valence-electron chi connectivity index (χ3n) is 5.30. The van der Waals surface area contributed by atoms with Crippen molar-refractivity contribution in [3.05, 3.63) is 96.9 Å². The Kier molecular flexibility index (Phi) is 7.56. The van der Waals surface area contributed by atoms with Gasteiger partial charge in [0.1, 0.15) is 0 Å². The van der Waals surface area contributed by atoms with Crippen molar-refractivity contribution < 1.29 is 37.3 Å². The second-order valence-electron chi connectivity index (χ2n) is 7.71. The lowest BCUT2D eigenvalue weighted by Gasteiger charge is -2.16. The third-order valence-corrected chi connectivity index (χ3v) is 6.61. The molecule has 15 heteroatoms. The first-order valence-corrected chi connectivity index (χ1v) is 11.9. The molecular weight excluding hydrogens is 563 g/mol. The summed E-state index contributed by atoms with van der Waals surface area (Å²) in [5.74, 6) is -0.966. The van der Waals surface area contributed by atoms with Crippen molar-refractivity contribution in [2.45, 2.75) is 6.18 Å².